The molecule has 0 radical (unpaired) electrons. The summed E-state index contributed by atoms with van der Waals surface area (Å²) in [5.41, 5.74) is 4.45. The van der Waals surface area contributed by atoms with Crippen molar-refractivity contribution in [1.82, 2.24) is 5.43 Å². The third kappa shape index (κ3) is 5.41. The van der Waals surface area contributed by atoms with Gasteiger partial charge in [-0.3, -0.25) is 4.79 Å². The number of rotatable bonds is 6. The first-order valence-electron chi connectivity index (χ1n) is 7.03. The zero-order valence-electron chi connectivity index (χ0n) is 13.0. The molecule has 0 heterocycles. The number of para-hydroxylation sites is 1. The fraction of sp³-hybridized carbons (Fsp3) is 0.176. The van der Waals surface area contributed by atoms with Crippen molar-refractivity contribution in [1.29, 1.82) is 0 Å². The molecule has 0 atom stereocenters. The average Bonchev–Trinajstić information content (AvgIpc) is 2.54. The number of benzene rings is 2. The maximum Gasteiger partial charge on any atom is 0.277 e. The second-order valence-corrected chi connectivity index (χ2v) is 5.85. The van der Waals surface area contributed by atoms with Crippen LogP contribution in [0, 0.1) is 0 Å². The Morgan fingerprint density at radius 1 is 1.22 bits per heavy atom. The van der Waals surface area contributed by atoms with Crippen LogP contribution in [0.2, 0.25) is 0 Å². The molecule has 2 rings (SSSR count). The lowest BCUT2D eigenvalue weighted by molar-refractivity contribution is -0.123. The van der Waals surface area contributed by atoms with E-state index in [0.717, 1.165) is 15.7 Å². The molecule has 1 N–H and O–H groups in total. The van der Waals surface area contributed by atoms with Gasteiger partial charge in [-0.25, -0.2) is 5.43 Å². The number of carbonyl (C=O) groups excluding carboxylic acids is 1. The minimum atomic E-state index is -0.318. The zero-order valence-corrected chi connectivity index (χ0v) is 14.6. The second-order valence-electron chi connectivity index (χ2n) is 5.00. The number of amides is 1. The quantitative estimate of drug-likeness (QED) is 0.623. The summed E-state index contributed by atoms with van der Waals surface area (Å²) in [4.78, 5) is 13.7. The standard InChI is InChI=1S/C17H18BrN3O2/c1-21(2)14-9-7-13(8-10-14)11-19-20-17(22)12-23-16-6-4-3-5-15(16)18/h3-11H,12H2,1-2H3,(H,20,22)/b19-11+. The lowest BCUT2D eigenvalue weighted by Gasteiger charge is -2.11. The zero-order chi connectivity index (χ0) is 16.7. The summed E-state index contributed by atoms with van der Waals surface area (Å²) < 4.78 is 6.21. The molecule has 0 aliphatic rings. The maximum atomic E-state index is 11.7. The molecule has 120 valence electrons. The van der Waals surface area contributed by atoms with E-state index in [-0.39, 0.29) is 12.5 Å². The van der Waals surface area contributed by atoms with Crippen LogP contribution in [0.25, 0.3) is 0 Å². The molecule has 0 aromatic heterocycles. The number of halogens is 1. The van der Waals surface area contributed by atoms with Crippen LogP contribution in [0.4, 0.5) is 5.69 Å². The van der Waals surface area contributed by atoms with E-state index >= 15 is 0 Å². The molecule has 23 heavy (non-hydrogen) atoms. The highest BCUT2D eigenvalue weighted by atomic mass is 79.9. The Bertz CT molecular complexity index is 684. The molecule has 0 aliphatic carbocycles. The predicted octanol–water partition coefficient (Wildman–Crippen LogP) is 3.04. The Balaban J connectivity index is 1.80. The van der Waals surface area contributed by atoms with Crippen molar-refractivity contribution < 1.29 is 9.53 Å². The van der Waals surface area contributed by atoms with E-state index in [0.29, 0.717) is 5.75 Å². The number of nitrogens with one attached hydrogen (secondary N) is 1. The van der Waals surface area contributed by atoms with Crippen molar-refractivity contribution in [2.24, 2.45) is 5.10 Å². The highest BCUT2D eigenvalue weighted by molar-refractivity contribution is 9.10. The van der Waals surface area contributed by atoms with Crippen molar-refractivity contribution >= 4 is 33.7 Å². The predicted molar refractivity (Wildman–Crippen MR) is 96.1 cm³/mol. The monoisotopic (exact) mass is 375 g/mol. The first-order chi connectivity index (χ1) is 11.1. The first kappa shape index (κ1) is 17.0. The van der Waals surface area contributed by atoms with Gasteiger partial charge in [-0.2, -0.15) is 5.10 Å². The molecule has 0 bridgehead atoms. The largest absolute Gasteiger partial charge is 0.483 e. The molecule has 0 unspecified atom stereocenters. The van der Waals surface area contributed by atoms with Gasteiger partial charge in [-0.15, -0.1) is 0 Å². The SMILES string of the molecule is CN(C)c1ccc(/C=N/NC(=O)COc2ccccc2Br)cc1. The second kappa shape index (κ2) is 8.33. The number of ether oxygens (including phenoxy) is 1. The van der Waals surface area contributed by atoms with E-state index in [9.17, 15) is 4.79 Å². The topological polar surface area (TPSA) is 53.9 Å². The third-order valence-electron chi connectivity index (χ3n) is 3.01. The Hall–Kier alpha value is -2.34. The summed E-state index contributed by atoms with van der Waals surface area (Å²) in [6.07, 6.45) is 1.59. The lowest BCUT2D eigenvalue weighted by Crippen LogP contribution is -2.24. The maximum absolute atomic E-state index is 11.7. The van der Waals surface area contributed by atoms with Gasteiger partial charge in [0.2, 0.25) is 0 Å². The van der Waals surface area contributed by atoms with Crippen LogP contribution in [0.1, 0.15) is 5.56 Å². The van der Waals surface area contributed by atoms with Crippen LogP contribution < -0.4 is 15.1 Å². The Kier molecular flexibility index (Phi) is 6.17. The Morgan fingerprint density at radius 2 is 1.91 bits per heavy atom. The summed E-state index contributed by atoms with van der Waals surface area (Å²) in [7, 11) is 3.96. The van der Waals surface area contributed by atoms with Gasteiger partial charge in [0.1, 0.15) is 5.75 Å². The number of hydrogen-bond acceptors (Lipinski definition) is 4. The Morgan fingerprint density at radius 3 is 2.57 bits per heavy atom. The van der Waals surface area contributed by atoms with Gasteiger partial charge < -0.3 is 9.64 Å². The van der Waals surface area contributed by atoms with Crippen molar-refractivity contribution in [3.8, 4) is 5.75 Å². The van der Waals surface area contributed by atoms with Gasteiger partial charge in [0.25, 0.3) is 5.91 Å². The van der Waals surface area contributed by atoms with E-state index in [1.165, 1.54) is 0 Å². The minimum Gasteiger partial charge on any atom is -0.483 e. The van der Waals surface area contributed by atoms with E-state index in [1.54, 1.807) is 12.3 Å². The summed E-state index contributed by atoms with van der Waals surface area (Å²) in [5, 5.41) is 3.92. The van der Waals surface area contributed by atoms with E-state index in [2.05, 4.69) is 26.5 Å². The van der Waals surface area contributed by atoms with Crippen LogP contribution in [-0.2, 0) is 4.79 Å². The number of hydrogen-bond donors (Lipinski definition) is 1. The fourth-order valence-electron chi connectivity index (χ4n) is 1.77. The summed E-state index contributed by atoms with van der Waals surface area (Å²) in [5.74, 6) is 0.299. The van der Waals surface area contributed by atoms with E-state index in [1.807, 2.05) is 61.5 Å². The van der Waals surface area contributed by atoms with Crippen LogP contribution in [-0.4, -0.2) is 32.8 Å². The molecule has 6 heteroatoms. The molecule has 1 amide bonds. The molecule has 5 nitrogen and oxygen atoms in total. The van der Waals surface area contributed by atoms with Gasteiger partial charge in [-0.05, 0) is 45.8 Å². The molecule has 2 aromatic carbocycles. The number of nitrogens with zero attached hydrogens (tertiary/aromatic N) is 2. The summed E-state index contributed by atoms with van der Waals surface area (Å²) >= 11 is 3.36. The third-order valence-corrected chi connectivity index (χ3v) is 3.66. The minimum absolute atomic E-state index is 0.0977. The molecule has 0 saturated carbocycles. The summed E-state index contributed by atoms with van der Waals surface area (Å²) in [6, 6.07) is 15.2. The van der Waals surface area contributed by atoms with Crippen molar-refractivity contribution in [2.75, 3.05) is 25.6 Å². The molecule has 0 spiro atoms. The molecular formula is C17H18BrN3O2. The molecule has 0 aliphatic heterocycles. The average molecular weight is 376 g/mol. The number of anilines is 1. The molecular weight excluding hydrogens is 358 g/mol. The van der Waals surface area contributed by atoms with Crippen LogP contribution >= 0.6 is 15.9 Å². The van der Waals surface area contributed by atoms with Gasteiger partial charge in [0.05, 0.1) is 10.7 Å². The fourth-order valence-corrected chi connectivity index (χ4v) is 2.17. The van der Waals surface area contributed by atoms with Crippen molar-refractivity contribution in [3.63, 3.8) is 0 Å². The van der Waals surface area contributed by atoms with Gasteiger partial charge in [0, 0.05) is 19.8 Å². The van der Waals surface area contributed by atoms with Gasteiger partial charge in [-0.1, -0.05) is 24.3 Å². The van der Waals surface area contributed by atoms with Crippen LogP contribution in [0.3, 0.4) is 0 Å². The normalized spacial score (nSPS) is 10.6. The summed E-state index contributed by atoms with van der Waals surface area (Å²) in [6.45, 7) is -0.0977. The van der Waals surface area contributed by atoms with Crippen LogP contribution in [0.5, 0.6) is 5.75 Å². The van der Waals surface area contributed by atoms with Gasteiger partial charge in [0.15, 0.2) is 6.61 Å². The van der Waals surface area contributed by atoms with Crippen LogP contribution in [0.15, 0.2) is 58.1 Å². The van der Waals surface area contributed by atoms with E-state index in [4.69, 9.17) is 4.74 Å². The van der Waals surface area contributed by atoms with Crippen molar-refractivity contribution in [2.45, 2.75) is 0 Å². The molecule has 0 saturated heterocycles. The van der Waals surface area contributed by atoms with E-state index < -0.39 is 0 Å². The molecule has 2 aromatic rings. The number of hydrazone groups is 1. The Labute approximate surface area is 144 Å². The number of carbonyl (C=O) groups is 1. The molecule has 0 fully saturated rings. The highest BCUT2D eigenvalue weighted by Crippen LogP contribution is 2.23. The lowest BCUT2D eigenvalue weighted by atomic mass is 10.2. The van der Waals surface area contributed by atoms with Crippen molar-refractivity contribution in [3.05, 3.63) is 58.6 Å². The highest BCUT2D eigenvalue weighted by Gasteiger charge is 2.03. The first-order valence-corrected chi connectivity index (χ1v) is 7.82. The van der Waals surface area contributed by atoms with Gasteiger partial charge >= 0.3 is 0 Å². The smallest absolute Gasteiger partial charge is 0.277 e.